The van der Waals surface area contributed by atoms with E-state index in [4.69, 9.17) is 4.43 Å². The van der Waals surface area contributed by atoms with Crippen molar-refractivity contribution in [3.05, 3.63) is 24.3 Å². The molecule has 0 atom stereocenters. The standard InChI is InChI=1S/C13H26OSi/c1-8-9-10-12(2)11-14-15(6,7)13(3,4)5/h9-10H,2,8,11H2,1,3-7H3/b10-9+. The van der Waals surface area contributed by atoms with Crippen LogP contribution in [0.3, 0.4) is 0 Å². The van der Waals surface area contributed by atoms with Crippen LogP contribution in [0.25, 0.3) is 0 Å². The average molecular weight is 226 g/mol. The third-order valence-electron chi connectivity index (χ3n) is 3.01. The third-order valence-corrected chi connectivity index (χ3v) is 7.49. The summed E-state index contributed by atoms with van der Waals surface area (Å²) < 4.78 is 6.04. The summed E-state index contributed by atoms with van der Waals surface area (Å²) in [5.41, 5.74) is 1.07. The summed E-state index contributed by atoms with van der Waals surface area (Å²) >= 11 is 0. The van der Waals surface area contributed by atoms with Gasteiger partial charge in [-0.2, -0.15) is 0 Å². The molecular weight excluding hydrogens is 200 g/mol. The van der Waals surface area contributed by atoms with Gasteiger partial charge < -0.3 is 4.43 Å². The minimum Gasteiger partial charge on any atom is -0.413 e. The molecule has 0 spiro atoms. The molecule has 0 aromatic rings. The molecule has 0 bridgehead atoms. The number of allylic oxidation sites excluding steroid dienone is 1. The Morgan fingerprint density at radius 2 is 1.87 bits per heavy atom. The molecule has 0 saturated heterocycles. The fourth-order valence-electron chi connectivity index (χ4n) is 0.822. The van der Waals surface area contributed by atoms with Gasteiger partial charge in [-0.05, 0) is 30.1 Å². The Labute approximate surface area is 96.4 Å². The van der Waals surface area contributed by atoms with Crippen molar-refractivity contribution in [2.24, 2.45) is 0 Å². The van der Waals surface area contributed by atoms with E-state index in [2.05, 4.69) is 59.5 Å². The van der Waals surface area contributed by atoms with Gasteiger partial charge in [0.2, 0.25) is 0 Å². The van der Waals surface area contributed by atoms with Crippen molar-refractivity contribution >= 4 is 8.32 Å². The van der Waals surface area contributed by atoms with Crippen LogP contribution in [0.2, 0.25) is 18.1 Å². The van der Waals surface area contributed by atoms with Crippen LogP contribution in [0, 0.1) is 0 Å². The molecule has 0 fully saturated rings. The van der Waals surface area contributed by atoms with Crippen molar-refractivity contribution in [1.82, 2.24) is 0 Å². The predicted octanol–water partition coefficient (Wildman–Crippen LogP) is 4.53. The highest BCUT2D eigenvalue weighted by Crippen LogP contribution is 2.36. The van der Waals surface area contributed by atoms with Crippen LogP contribution >= 0.6 is 0 Å². The zero-order chi connectivity index (χ0) is 12.1. The lowest BCUT2D eigenvalue weighted by Gasteiger charge is -2.36. The molecule has 15 heavy (non-hydrogen) atoms. The van der Waals surface area contributed by atoms with E-state index in [1.54, 1.807) is 0 Å². The molecule has 0 amide bonds. The first-order valence-electron chi connectivity index (χ1n) is 5.69. The van der Waals surface area contributed by atoms with Crippen molar-refractivity contribution in [3.8, 4) is 0 Å². The molecule has 0 aromatic carbocycles. The Kier molecular flexibility index (Phi) is 5.53. The molecule has 0 aromatic heterocycles. The maximum Gasteiger partial charge on any atom is 0.192 e. The SMILES string of the molecule is C=C(/C=C/CC)CO[Si](C)(C)C(C)(C)C. The van der Waals surface area contributed by atoms with Gasteiger partial charge in [-0.1, -0.05) is 46.4 Å². The van der Waals surface area contributed by atoms with Gasteiger partial charge in [0.05, 0.1) is 6.61 Å². The zero-order valence-corrected chi connectivity index (χ0v) is 12.2. The van der Waals surface area contributed by atoms with Crippen LogP contribution in [0.4, 0.5) is 0 Å². The molecule has 0 unspecified atom stereocenters. The summed E-state index contributed by atoms with van der Waals surface area (Å²) in [5.74, 6) is 0. The van der Waals surface area contributed by atoms with Gasteiger partial charge in [0.25, 0.3) is 0 Å². The van der Waals surface area contributed by atoms with E-state index >= 15 is 0 Å². The number of hydrogen-bond acceptors (Lipinski definition) is 1. The van der Waals surface area contributed by atoms with Crippen LogP contribution in [0.15, 0.2) is 24.3 Å². The Balaban J connectivity index is 4.16. The highest BCUT2D eigenvalue weighted by molar-refractivity contribution is 6.74. The van der Waals surface area contributed by atoms with Crippen LogP contribution in [0.5, 0.6) is 0 Å². The average Bonchev–Trinajstić information content (AvgIpc) is 2.09. The molecular formula is C13H26OSi. The molecule has 0 aliphatic heterocycles. The van der Waals surface area contributed by atoms with Gasteiger partial charge >= 0.3 is 0 Å². The molecule has 0 aliphatic carbocycles. The van der Waals surface area contributed by atoms with Crippen LogP contribution in [-0.4, -0.2) is 14.9 Å². The first kappa shape index (κ1) is 14.7. The molecule has 0 heterocycles. The monoisotopic (exact) mass is 226 g/mol. The van der Waals surface area contributed by atoms with Crippen molar-refractivity contribution in [2.45, 2.75) is 52.2 Å². The molecule has 0 aliphatic rings. The lowest BCUT2D eigenvalue weighted by Crippen LogP contribution is -2.41. The van der Waals surface area contributed by atoms with Crippen molar-refractivity contribution < 1.29 is 4.43 Å². The zero-order valence-electron chi connectivity index (χ0n) is 11.2. The highest BCUT2D eigenvalue weighted by atomic mass is 28.4. The van der Waals surface area contributed by atoms with Crippen LogP contribution in [-0.2, 0) is 4.43 Å². The van der Waals surface area contributed by atoms with Gasteiger partial charge in [0, 0.05) is 0 Å². The fraction of sp³-hybridized carbons (Fsp3) is 0.692. The largest absolute Gasteiger partial charge is 0.413 e. The minimum atomic E-state index is -1.60. The van der Waals surface area contributed by atoms with Crippen LogP contribution < -0.4 is 0 Å². The molecule has 1 nitrogen and oxygen atoms in total. The molecule has 0 rings (SSSR count). The fourth-order valence-corrected chi connectivity index (χ4v) is 1.80. The lowest BCUT2D eigenvalue weighted by atomic mass is 10.2. The second kappa shape index (κ2) is 5.66. The van der Waals surface area contributed by atoms with E-state index in [0.717, 1.165) is 12.0 Å². The number of rotatable bonds is 5. The summed E-state index contributed by atoms with van der Waals surface area (Å²) in [6.45, 7) is 18.1. The maximum atomic E-state index is 6.04. The van der Waals surface area contributed by atoms with Gasteiger partial charge in [-0.25, -0.2) is 0 Å². The quantitative estimate of drug-likeness (QED) is 0.494. The van der Waals surface area contributed by atoms with Gasteiger partial charge in [-0.15, -0.1) is 0 Å². The van der Waals surface area contributed by atoms with Gasteiger partial charge in [0.15, 0.2) is 8.32 Å². The summed E-state index contributed by atoms with van der Waals surface area (Å²) in [6, 6.07) is 0. The third kappa shape index (κ3) is 5.33. The smallest absolute Gasteiger partial charge is 0.192 e. The molecule has 2 heteroatoms. The summed E-state index contributed by atoms with van der Waals surface area (Å²) in [4.78, 5) is 0. The first-order chi connectivity index (χ1) is 6.70. The predicted molar refractivity (Wildman–Crippen MR) is 71.7 cm³/mol. The first-order valence-corrected chi connectivity index (χ1v) is 8.60. The topological polar surface area (TPSA) is 9.23 Å². The second-order valence-electron chi connectivity index (χ2n) is 5.52. The van der Waals surface area contributed by atoms with E-state index in [1.807, 2.05) is 0 Å². The van der Waals surface area contributed by atoms with E-state index in [0.29, 0.717) is 6.61 Å². The van der Waals surface area contributed by atoms with E-state index in [-0.39, 0.29) is 5.04 Å². The Morgan fingerprint density at radius 3 is 2.27 bits per heavy atom. The summed E-state index contributed by atoms with van der Waals surface area (Å²) in [5, 5.41) is 0.280. The molecule has 0 radical (unpaired) electrons. The van der Waals surface area contributed by atoms with Crippen molar-refractivity contribution in [3.63, 3.8) is 0 Å². The van der Waals surface area contributed by atoms with Crippen LogP contribution in [0.1, 0.15) is 34.1 Å². The van der Waals surface area contributed by atoms with Gasteiger partial charge in [0.1, 0.15) is 0 Å². The number of hydrogen-bond donors (Lipinski definition) is 0. The Bertz CT molecular complexity index is 233. The van der Waals surface area contributed by atoms with Crippen molar-refractivity contribution in [2.75, 3.05) is 6.61 Å². The normalized spacial score (nSPS) is 13.5. The van der Waals surface area contributed by atoms with E-state index in [1.165, 1.54) is 0 Å². The second-order valence-corrected chi connectivity index (χ2v) is 10.3. The van der Waals surface area contributed by atoms with E-state index in [9.17, 15) is 0 Å². The lowest BCUT2D eigenvalue weighted by molar-refractivity contribution is 0.322. The van der Waals surface area contributed by atoms with E-state index < -0.39 is 8.32 Å². The molecule has 0 saturated carbocycles. The minimum absolute atomic E-state index is 0.280. The highest BCUT2D eigenvalue weighted by Gasteiger charge is 2.36. The Hall–Kier alpha value is -0.343. The Morgan fingerprint density at radius 1 is 1.33 bits per heavy atom. The summed E-state index contributed by atoms with van der Waals surface area (Å²) in [6.07, 6.45) is 5.24. The summed E-state index contributed by atoms with van der Waals surface area (Å²) in [7, 11) is -1.60. The molecule has 88 valence electrons. The van der Waals surface area contributed by atoms with Crippen molar-refractivity contribution in [1.29, 1.82) is 0 Å². The van der Waals surface area contributed by atoms with Gasteiger partial charge in [-0.3, -0.25) is 0 Å². The molecule has 0 N–H and O–H groups in total. The maximum absolute atomic E-state index is 6.04.